The summed E-state index contributed by atoms with van der Waals surface area (Å²) in [6.07, 6.45) is 1.94. The molecule has 0 saturated carbocycles. The van der Waals surface area contributed by atoms with Gasteiger partial charge in [-0.3, -0.25) is 0 Å². The van der Waals surface area contributed by atoms with E-state index >= 15 is 0 Å². The van der Waals surface area contributed by atoms with Gasteiger partial charge in [-0.15, -0.1) is 30.6 Å². The Balaban J connectivity index is 1.85. The summed E-state index contributed by atoms with van der Waals surface area (Å²) in [7, 11) is 2.54. The van der Waals surface area contributed by atoms with Gasteiger partial charge in [0.2, 0.25) is 0 Å². The minimum Gasteiger partial charge on any atom is -0.167 e. The lowest BCUT2D eigenvalue weighted by molar-refractivity contribution is 1.01. The smallest absolute Gasteiger partial charge is 0.167 e. The first kappa shape index (κ1) is 16.4. The van der Waals surface area contributed by atoms with Crippen LogP contribution in [0.25, 0.3) is 10.0 Å². The number of rotatable bonds is 4. The highest BCUT2D eigenvalue weighted by molar-refractivity contribution is 8.00. The molecule has 0 radical (unpaired) electrons. The molecule has 3 aromatic heterocycles. The summed E-state index contributed by atoms with van der Waals surface area (Å²) in [6.45, 7) is 0. The van der Waals surface area contributed by atoms with Crippen molar-refractivity contribution in [2.75, 3.05) is 6.26 Å². The van der Waals surface area contributed by atoms with Crippen LogP contribution in [0.2, 0.25) is 5.15 Å². The number of hydrogen-bond acceptors (Lipinski definition) is 12. The number of hydrogen-bond donors (Lipinski definition) is 0. The highest BCUT2D eigenvalue weighted by Crippen LogP contribution is 2.30. The molecule has 0 spiro atoms. The number of thioether (sulfide) groups is 1. The molecule has 7 nitrogen and oxygen atoms in total. The van der Waals surface area contributed by atoms with E-state index in [0.29, 0.717) is 24.8 Å². The second-order valence-corrected chi connectivity index (χ2v) is 8.88. The molecule has 3 heterocycles. The largest absolute Gasteiger partial charge is 0.189 e. The maximum absolute atomic E-state index is 6.08. The number of aromatic nitrogens is 5. The Hall–Kier alpha value is -0.500. The van der Waals surface area contributed by atoms with Crippen molar-refractivity contribution in [2.45, 2.75) is 4.34 Å². The highest BCUT2D eigenvalue weighted by Gasteiger charge is 2.14. The molecule has 0 unspecified atom stereocenters. The molecule has 0 aromatic carbocycles. The third-order valence-electron chi connectivity index (χ3n) is 2.00. The summed E-state index contributed by atoms with van der Waals surface area (Å²) >= 11 is 16.2. The molecule has 0 atom stereocenters. The van der Waals surface area contributed by atoms with E-state index in [1.54, 1.807) is 0 Å². The Bertz CT molecular complexity index is 877. The fourth-order valence-electron chi connectivity index (χ4n) is 1.12. The minimum atomic E-state index is 0.132. The first-order valence-electron chi connectivity index (χ1n) is 5.28. The normalized spacial score (nSPS) is 13.0. The summed E-state index contributed by atoms with van der Waals surface area (Å²) in [5.74, 6) is 0. The third-order valence-corrected chi connectivity index (χ3v) is 7.50. The molecule has 114 valence electrons. The SMILES string of the molecule is CSc1nnc(-c2nnc(/C(Cl)=N/N=c3/ssnc3Cl)s2)s1. The fraction of sp³-hybridized carbons (Fsp3) is 0.125. The predicted octanol–water partition coefficient (Wildman–Crippen LogP) is 3.45. The molecule has 0 bridgehead atoms. The molecule has 3 aromatic rings. The molecule has 14 heteroatoms. The molecular formula is C8H3Cl2N7S5. The molecule has 0 saturated heterocycles. The van der Waals surface area contributed by atoms with Crippen molar-refractivity contribution in [2.24, 2.45) is 10.2 Å². The Morgan fingerprint density at radius 3 is 2.59 bits per heavy atom. The Morgan fingerprint density at radius 2 is 1.91 bits per heavy atom. The van der Waals surface area contributed by atoms with Gasteiger partial charge in [0.1, 0.15) is 0 Å². The Morgan fingerprint density at radius 1 is 1.14 bits per heavy atom. The topological polar surface area (TPSA) is 89.2 Å². The standard InChI is InChI=1S/C8H3Cl2N7S5/c1-18-8-16-15-7(20-8)6-14-12-4(19-6)2(9)11-13-5-3(10)17-22-21-5/h1H3/b11-2-,13-5+. The van der Waals surface area contributed by atoms with Crippen LogP contribution >= 0.6 is 78.5 Å². The van der Waals surface area contributed by atoms with E-state index in [4.69, 9.17) is 23.2 Å². The van der Waals surface area contributed by atoms with Crippen LogP contribution in [0.15, 0.2) is 14.5 Å². The lowest BCUT2D eigenvalue weighted by Crippen LogP contribution is -1.95. The maximum Gasteiger partial charge on any atom is 0.189 e. The van der Waals surface area contributed by atoms with E-state index in [1.165, 1.54) is 55.3 Å². The van der Waals surface area contributed by atoms with Crippen molar-refractivity contribution < 1.29 is 0 Å². The zero-order chi connectivity index (χ0) is 15.5. The Labute approximate surface area is 153 Å². The van der Waals surface area contributed by atoms with E-state index in [9.17, 15) is 0 Å². The van der Waals surface area contributed by atoms with E-state index < -0.39 is 0 Å². The fourth-order valence-corrected chi connectivity index (χ4v) is 5.22. The molecule has 0 aliphatic heterocycles. The van der Waals surface area contributed by atoms with Gasteiger partial charge < -0.3 is 0 Å². The number of nitrogens with zero attached hydrogens (tertiary/aromatic N) is 7. The van der Waals surface area contributed by atoms with Crippen molar-refractivity contribution in [3.8, 4) is 10.0 Å². The van der Waals surface area contributed by atoms with Crippen LogP contribution in [0.5, 0.6) is 0 Å². The van der Waals surface area contributed by atoms with Gasteiger partial charge in [-0.2, -0.15) is 4.37 Å². The Kier molecular flexibility index (Phi) is 5.49. The molecule has 0 fully saturated rings. The first-order chi connectivity index (χ1) is 10.7. The van der Waals surface area contributed by atoms with Crippen LogP contribution in [0.3, 0.4) is 0 Å². The van der Waals surface area contributed by atoms with E-state index in [1.807, 2.05) is 6.26 Å². The average Bonchev–Trinajstić information content (AvgIpc) is 3.24. The molecular weight excluding hydrogens is 425 g/mol. The predicted molar refractivity (Wildman–Crippen MR) is 93.5 cm³/mol. The van der Waals surface area contributed by atoms with Crippen molar-refractivity contribution in [1.82, 2.24) is 24.8 Å². The van der Waals surface area contributed by atoms with E-state index in [0.717, 1.165) is 4.34 Å². The van der Waals surface area contributed by atoms with Gasteiger partial charge in [-0.05, 0) is 16.6 Å². The molecule has 22 heavy (non-hydrogen) atoms. The second kappa shape index (κ2) is 7.38. The van der Waals surface area contributed by atoms with Gasteiger partial charge in [0.25, 0.3) is 0 Å². The minimum absolute atomic E-state index is 0.132. The summed E-state index contributed by atoms with van der Waals surface area (Å²) in [4.78, 5) is 0. The molecule has 0 N–H and O–H groups in total. The third kappa shape index (κ3) is 3.69. The van der Waals surface area contributed by atoms with Gasteiger partial charge in [0.15, 0.2) is 34.4 Å². The summed E-state index contributed by atoms with van der Waals surface area (Å²) in [6, 6.07) is 0. The lowest BCUT2D eigenvalue weighted by atomic mass is 10.8. The van der Waals surface area contributed by atoms with Gasteiger partial charge in [-0.25, -0.2) is 0 Å². The van der Waals surface area contributed by atoms with Crippen molar-refractivity contribution in [3.63, 3.8) is 0 Å². The van der Waals surface area contributed by atoms with Gasteiger partial charge in [0, 0.05) is 10.5 Å². The summed E-state index contributed by atoms with van der Waals surface area (Å²) in [5, 5.41) is 26.2. The van der Waals surface area contributed by atoms with E-state index in [2.05, 4.69) is 35.0 Å². The van der Waals surface area contributed by atoms with Crippen LogP contribution < -0.4 is 4.67 Å². The molecule has 0 amide bonds. The number of halogens is 2. The molecule has 0 aliphatic carbocycles. The zero-order valence-electron chi connectivity index (χ0n) is 10.4. The quantitative estimate of drug-likeness (QED) is 0.274. The van der Waals surface area contributed by atoms with Crippen LogP contribution in [-0.4, -0.2) is 36.2 Å². The molecule has 3 rings (SSSR count). The van der Waals surface area contributed by atoms with Crippen molar-refractivity contribution in [3.05, 3.63) is 14.8 Å². The monoisotopic (exact) mass is 427 g/mol. The second-order valence-electron chi connectivity index (χ2n) is 3.33. The van der Waals surface area contributed by atoms with Crippen LogP contribution in [0.4, 0.5) is 0 Å². The van der Waals surface area contributed by atoms with Gasteiger partial charge >= 0.3 is 0 Å². The van der Waals surface area contributed by atoms with Crippen LogP contribution in [0.1, 0.15) is 5.01 Å². The highest BCUT2D eigenvalue weighted by atomic mass is 35.5. The zero-order valence-corrected chi connectivity index (χ0v) is 16.0. The van der Waals surface area contributed by atoms with Gasteiger partial charge in [0.05, 0.1) is 0 Å². The lowest BCUT2D eigenvalue weighted by Gasteiger charge is -1.85. The van der Waals surface area contributed by atoms with Crippen LogP contribution in [0, 0.1) is 0 Å². The van der Waals surface area contributed by atoms with Crippen molar-refractivity contribution in [1.29, 1.82) is 0 Å². The molecule has 0 aliphatic rings. The van der Waals surface area contributed by atoms with Crippen LogP contribution in [-0.2, 0) is 0 Å². The maximum atomic E-state index is 6.08. The average molecular weight is 428 g/mol. The van der Waals surface area contributed by atoms with Gasteiger partial charge in [-0.1, -0.05) is 57.6 Å². The van der Waals surface area contributed by atoms with Crippen molar-refractivity contribution >= 4 is 83.7 Å². The van der Waals surface area contributed by atoms with E-state index in [-0.39, 0.29) is 5.17 Å². The first-order valence-corrected chi connectivity index (χ1v) is 11.0. The summed E-state index contributed by atoms with van der Waals surface area (Å²) in [5.41, 5.74) is 0. The summed E-state index contributed by atoms with van der Waals surface area (Å²) < 4.78 is 5.27.